The van der Waals surface area contributed by atoms with Crippen LogP contribution in [0.1, 0.15) is 29.6 Å². The van der Waals surface area contributed by atoms with Crippen LogP contribution >= 0.6 is 11.7 Å². The van der Waals surface area contributed by atoms with Gasteiger partial charge in [-0.3, -0.25) is 9.69 Å². The van der Waals surface area contributed by atoms with Crippen LogP contribution in [0.3, 0.4) is 0 Å². The number of hydrogen-bond acceptors (Lipinski definition) is 7. The zero-order valence-corrected chi connectivity index (χ0v) is 15.4. The molecule has 1 amide bonds. The molecule has 7 nitrogen and oxygen atoms in total. The molecule has 0 unspecified atom stereocenters. The molecule has 0 spiro atoms. The average Bonchev–Trinajstić information content (AvgIpc) is 3.20. The van der Waals surface area contributed by atoms with Gasteiger partial charge in [-0.2, -0.15) is 8.75 Å². The molecule has 1 N–H and O–H groups in total. The molecule has 25 heavy (non-hydrogen) atoms. The SMILES string of the molecule is O=C(NC1CCN([C@H]2CCS(=O)(=O)C2)CC1)c1ccc2nsnc2c1. The molecule has 0 radical (unpaired) electrons. The van der Waals surface area contributed by atoms with Crippen molar-refractivity contribution in [3.8, 4) is 0 Å². The highest BCUT2D eigenvalue weighted by Crippen LogP contribution is 2.22. The maximum atomic E-state index is 12.5. The van der Waals surface area contributed by atoms with E-state index in [0.29, 0.717) is 11.3 Å². The zero-order chi connectivity index (χ0) is 17.4. The molecule has 2 aliphatic rings. The minimum Gasteiger partial charge on any atom is -0.349 e. The van der Waals surface area contributed by atoms with Gasteiger partial charge in [0, 0.05) is 30.7 Å². The topological polar surface area (TPSA) is 92.3 Å². The lowest BCUT2D eigenvalue weighted by molar-refractivity contribution is 0.0898. The maximum Gasteiger partial charge on any atom is 0.251 e. The largest absolute Gasteiger partial charge is 0.349 e. The highest BCUT2D eigenvalue weighted by atomic mass is 32.2. The van der Waals surface area contributed by atoms with Gasteiger partial charge in [0.15, 0.2) is 9.84 Å². The number of carbonyl (C=O) groups excluding carboxylic acids is 1. The Labute approximate surface area is 150 Å². The summed E-state index contributed by atoms with van der Waals surface area (Å²) in [5.41, 5.74) is 2.15. The normalized spacial score (nSPS) is 24.6. The van der Waals surface area contributed by atoms with E-state index in [1.165, 1.54) is 0 Å². The van der Waals surface area contributed by atoms with E-state index in [1.807, 2.05) is 6.07 Å². The number of amides is 1. The Kier molecular flexibility index (Phi) is 4.47. The predicted molar refractivity (Wildman–Crippen MR) is 96.5 cm³/mol. The molecule has 4 rings (SSSR count). The van der Waals surface area contributed by atoms with E-state index in [4.69, 9.17) is 0 Å². The fourth-order valence-electron chi connectivity index (χ4n) is 3.66. The summed E-state index contributed by atoms with van der Waals surface area (Å²) in [6.45, 7) is 1.67. The molecular weight excluding hydrogens is 360 g/mol. The molecule has 0 bridgehead atoms. The van der Waals surface area contributed by atoms with Gasteiger partial charge in [0.1, 0.15) is 11.0 Å². The van der Waals surface area contributed by atoms with Crippen molar-refractivity contribution < 1.29 is 13.2 Å². The Morgan fingerprint density at radius 2 is 1.92 bits per heavy atom. The van der Waals surface area contributed by atoms with E-state index < -0.39 is 9.84 Å². The lowest BCUT2D eigenvalue weighted by atomic mass is 10.0. The van der Waals surface area contributed by atoms with E-state index in [9.17, 15) is 13.2 Å². The average molecular weight is 380 g/mol. The third kappa shape index (κ3) is 3.68. The van der Waals surface area contributed by atoms with E-state index in [1.54, 1.807) is 12.1 Å². The first-order valence-corrected chi connectivity index (χ1v) is 11.0. The molecular formula is C16H20N4O3S2. The highest BCUT2D eigenvalue weighted by molar-refractivity contribution is 7.91. The first-order valence-electron chi connectivity index (χ1n) is 8.48. The van der Waals surface area contributed by atoms with E-state index in [-0.39, 0.29) is 23.7 Å². The minimum atomic E-state index is -2.85. The zero-order valence-electron chi connectivity index (χ0n) is 13.7. The minimum absolute atomic E-state index is 0.0863. The van der Waals surface area contributed by atoms with Crippen LogP contribution in [0, 0.1) is 0 Å². The smallest absolute Gasteiger partial charge is 0.251 e. The molecule has 0 aliphatic carbocycles. The fourth-order valence-corrected chi connectivity index (χ4v) is 5.94. The summed E-state index contributed by atoms with van der Waals surface area (Å²) in [6, 6.07) is 5.65. The van der Waals surface area contributed by atoms with E-state index in [2.05, 4.69) is 19.0 Å². The Morgan fingerprint density at radius 1 is 1.16 bits per heavy atom. The van der Waals surface area contributed by atoms with Gasteiger partial charge in [0.25, 0.3) is 5.91 Å². The number of carbonyl (C=O) groups is 1. The van der Waals surface area contributed by atoms with Crippen molar-refractivity contribution in [1.82, 2.24) is 19.0 Å². The molecule has 1 atom stereocenters. The van der Waals surface area contributed by atoms with Crippen molar-refractivity contribution in [2.24, 2.45) is 0 Å². The monoisotopic (exact) mass is 380 g/mol. The molecule has 9 heteroatoms. The van der Waals surface area contributed by atoms with Gasteiger partial charge in [0.05, 0.1) is 23.2 Å². The maximum absolute atomic E-state index is 12.5. The Hall–Kier alpha value is -1.58. The second-order valence-corrected chi connectivity index (χ2v) is 9.57. The van der Waals surface area contributed by atoms with Crippen LogP contribution in [0.4, 0.5) is 0 Å². The molecule has 1 aromatic heterocycles. The van der Waals surface area contributed by atoms with Gasteiger partial charge in [-0.25, -0.2) is 8.42 Å². The summed E-state index contributed by atoms with van der Waals surface area (Å²) >= 11 is 1.14. The summed E-state index contributed by atoms with van der Waals surface area (Å²) in [5.74, 6) is 0.505. The third-order valence-electron chi connectivity index (χ3n) is 5.11. The number of benzene rings is 1. The number of fused-ring (bicyclic) bond motifs is 1. The molecule has 134 valence electrons. The van der Waals surface area contributed by atoms with Crippen LogP contribution in [0.25, 0.3) is 11.0 Å². The van der Waals surface area contributed by atoms with Crippen molar-refractivity contribution in [3.05, 3.63) is 23.8 Å². The fraction of sp³-hybridized carbons (Fsp3) is 0.562. The Balaban J connectivity index is 1.33. The summed E-state index contributed by atoms with van der Waals surface area (Å²) in [7, 11) is -2.85. The number of nitrogens with one attached hydrogen (secondary N) is 1. The second kappa shape index (κ2) is 6.62. The lowest BCUT2D eigenvalue weighted by Gasteiger charge is -2.35. The molecule has 0 saturated carbocycles. The number of sulfone groups is 1. The molecule has 2 saturated heterocycles. The van der Waals surface area contributed by atoms with Gasteiger partial charge < -0.3 is 5.32 Å². The van der Waals surface area contributed by atoms with Crippen LogP contribution in [-0.2, 0) is 9.84 Å². The van der Waals surface area contributed by atoms with Crippen molar-refractivity contribution in [3.63, 3.8) is 0 Å². The number of piperidine rings is 1. The Morgan fingerprint density at radius 3 is 2.64 bits per heavy atom. The first kappa shape index (κ1) is 16.9. The van der Waals surface area contributed by atoms with Crippen LogP contribution < -0.4 is 5.32 Å². The molecule has 2 aromatic rings. The van der Waals surface area contributed by atoms with Crippen LogP contribution in [0.15, 0.2) is 18.2 Å². The number of hydrogen-bond donors (Lipinski definition) is 1. The second-order valence-electron chi connectivity index (χ2n) is 6.81. The quantitative estimate of drug-likeness (QED) is 0.856. The van der Waals surface area contributed by atoms with Gasteiger partial charge in [-0.15, -0.1) is 0 Å². The van der Waals surface area contributed by atoms with Gasteiger partial charge in [-0.05, 0) is 37.5 Å². The van der Waals surface area contributed by atoms with Crippen LogP contribution in [0.5, 0.6) is 0 Å². The van der Waals surface area contributed by atoms with Crippen molar-refractivity contribution in [2.45, 2.75) is 31.3 Å². The molecule has 3 heterocycles. The third-order valence-corrected chi connectivity index (χ3v) is 7.41. The molecule has 2 aliphatic heterocycles. The van der Waals surface area contributed by atoms with Gasteiger partial charge in [-0.1, -0.05) is 0 Å². The van der Waals surface area contributed by atoms with Gasteiger partial charge >= 0.3 is 0 Å². The van der Waals surface area contributed by atoms with Crippen molar-refractivity contribution in [2.75, 3.05) is 24.6 Å². The summed E-state index contributed by atoms with van der Waals surface area (Å²) in [6.07, 6.45) is 2.44. The van der Waals surface area contributed by atoms with Gasteiger partial charge in [0.2, 0.25) is 0 Å². The van der Waals surface area contributed by atoms with Crippen molar-refractivity contribution in [1.29, 1.82) is 0 Å². The Bertz CT molecular complexity index is 888. The molecule has 2 fully saturated rings. The standard InChI is InChI=1S/C16H20N4O3S2/c21-16(11-1-2-14-15(9-11)19-24-18-14)17-12-3-6-20(7-4-12)13-5-8-25(22,23)10-13/h1-2,9,12-13H,3-8,10H2,(H,17,21)/t13-/m0/s1. The summed E-state index contributed by atoms with van der Waals surface area (Å²) in [4.78, 5) is 14.7. The molecule has 1 aromatic carbocycles. The lowest BCUT2D eigenvalue weighted by Crippen LogP contribution is -2.48. The van der Waals surface area contributed by atoms with E-state index in [0.717, 1.165) is 55.1 Å². The predicted octanol–water partition coefficient (Wildman–Crippen LogP) is 1.07. The number of likely N-dealkylation sites (tertiary alicyclic amines) is 1. The number of rotatable bonds is 3. The summed E-state index contributed by atoms with van der Waals surface area (Å²) < 4.78 is 31.6. The number of nitrogens with zero attached hydrogens (tertiary/aromatic N) is 3. The number of aromatic nitrogens is 2. The van der Waals surface area contributed by atoms with E-state index >= 15 is 0 Å². The first-order chi connectivity index (χ1) is 12.0. The van der Waals surface area contributed by atoms with Crippen LogP contribution in [-0.4, -0.2) is 64.7 Å². The van der Waals surface area contributed by atoms with Crippen LogP contribution in [0.2, 0.25) is 0 Å². The highest BCUT2D eigenvalue weighted by Gasteiger charge is 2.34. The summed E-state index contributed by atoms with van der Waals surface area (Å²) in [5, 5.41) is 3.09. The van der Waals surface area contributed by atoms with Crippen molar-refractivity contribution >= 4 is 38.5 Å².